The second-order valence-electron chi connectivity index (χ2n) is 11.5. The molecule has 0 amide bonds. The van der Waals surface area contributed by atoms with E-state index in [0.29, 0.717) is 23.1 Å². The molecule has 4 saturated carbocycles. The van der Waals surface area contributed by atoms with Gasteiger partial charge in [-0.2, -0.15) is 0 Å². The lowest BCUT2D eigenvalue weighted by Gasteiger charge is -2.50. The van der Waals surface area contributed by atoms with Gasteiger partial charge in [-0.05, 0) is 87.6 Å². The number of benzene rings is 1. The van der Waals surface area contributed by atoms with E-state index in [1.807, 2.05) is 38.1 Å². The number of Topliss-reactive ketones (excluding diaryl/α,β-unsaturated/α-hetero) is 1. The van der Waals surface area contributed by atoms with Crippen molar-refractivity contribution < 1.29 is 14.4 Å². The zero-order valence-corrected chi connectivity index (χ0v) is 20.4. The number of aromatic amines is 1. The number of nitrogens with zero attached hydrogens (tertiary/aromatic N) is 3. The molecule has 182 valence electrons. The van der Waals surface area contributed by atoms with Crippen molar-refractivity contribution in [3.8, 4) is 11.1 Å². The Morgan fingerprint density at radius 1 is 1.17 bits per heavy atom. The maximum Gasteiger partial charge on any atom is 0.146 e. The Kier molecular flexibility index (Phi) is 3.88. The van der Waals surface area contributed by atoms with Crippen molar-refractivity contribution in [2.24, 2.45) is 23.2 Å². The first-order valence-electron chi connectivity index (χ1n) is 13.1. The molecule has 4 aliphatic carbocycles. The maximum atomic E-state index is 13.8. The summed E-state index contributed by atoms with van der Waals surface area (Å²) in [6.07, 6.45) is 6.97. The number of carbonyl (C=O) groups is 1. The molecular formula is C29H28N4O3. The molecule has 1 aromatic carbocycles. The Morgan fingerprint density at radius 3 is 2.72 bits per heavy atom. The molecule has 36 heavy (non-hydrogen) atoms. The van der Waals surface area contributed by atoms with Gasteiger partial charge < -0.3 is 14.6 Å². The van der Waals surface area contributed by atoms with Crippen molar-refractivity contribution in [3.63, 3.8) is 0 Å². The van der Waals surface area contributed by atoms with Crippen LogP contribution in [0.4, 0.5) is 0 Å². The van der Waals surface area contributed by atoms with Crippen LogP contribution in [0.15, 0.2) is 41.1 Å². The van der Waals surface area contributed by atoms with E-state index in [-0.39, 0.29) is 17.1 Å². The van der Waals surface area contributed by atoms with Crippen LogP contribution >= 0.6 is 0 Å². The van der Waals surface area contributed by atoms with Gasteiger partial charge >= 0.3 is 0 Å². The molecule has 4 aliphatic rings. The zero-order chi connectivity index (χ0) is 24.4. The minimum atomic E-state index is -1.57. The molecular weight excluding hydrogens is 452 g/mol. The van der Waals surface area contributed by atoms with Gasteiger partial charge in [0.25, 0.3) is 0 Å². The van der Waals surface area contributed by atoms with Crippen molar-refractivity contribution in [3.05, 3.63) is 65.1 Å². The van der Waals surface area contributed by atoms with Gasteiger partial charge in [0, 0.05) is 28.7 Å². The van der Waals surface area contributed by atoms with Crippen LogP contribution in [-0.2, 0) is 10.4 Å². The summed E-state index contributed by atoms with van der Waals surface area (Å²) in [5.74, 6) is 2.45. The molecule has 0 saturated heterocycles. The normalized spacial score (nSPS) is 30.1. The van der Waals surface area contributed by atoms with E-state index in [1.165, 1.54) is 0 Å². The summed E-state index contributed by atoms with van der Waals surface area (Å²) >= 11 is 0. The van der Waals surface area contributed by atoms with E-state index >= 15 is 0 Å². The quantitative estimate of drug-likeness (QED) is 0.418. The Hall–Kier alpha value is -3.32. The molecule has 4 fully saturated rings. The highest BCUT2D eigenvalue weighted by Crippen LogP contribution is 2.78. The molecule has 4 aromatic rings. The fourth-order valence-corrected chi connectivity index (χ4v) is 7.68. The van der Waals surface area contributed by atoms with E-state index in [1.54, 1.807) is 6.20 Å². The van der Waals surface area contributed by atoms with Gasteiger partial charge in [0.05, 0.1) is 28.3 Å². The number of rotatable bonds is 5. The SMILES string of the molecule is Cc1noc(C)c1-c1cc(C(O)(c2ccccn2)C2C(=O)C34CC3CCC24)c2nc(C3CC3)[nH]c2c1. The van der Waals surface area contributed by atoms with Crippen LogP contribution in [0.5, 0.6) is 0 Å². The lowest BCUT2D eigenvalue weighted by Crippen LogP contribution is -2.59. The minimum Gasteiger partial charge on any atom is -0.378 e. The summed E-state index contributed by atoms with van der Waals surface area (Å²) in [4.78, 5) is 27.0. The highest BCUT2D eigenvalue weighted by atomic mass is 16.5. The molecule has 7 nitrogen and oxygen atoms in total. The van der Waals surface area contributed by atoms with E-state index < -0.39 is 11.5 Å². The summed E-state index contributed by atoms with van der Waals surface area (Å²) in [6, 6.07) is 9.64. The lowest BCUT2D eigenvalue weighted by atomic mass is 9.53. The average molecular weight is 481 g/mol. The van der Waals surface area contributed by atoms with Crippen LogP contribution in [0.25, 0.3) is 22.2 Å². The summed E-state index contributed by atoms with van der Waals surface area (Å²) in [5.41, 5.74) is 3.55. The molecule has 3 aromatic heterocycles. The van der Waals surface area contributed by atoms with E-state index in [0.717, 1.165) is 71.5 Å². The third-order valence-electron chi connectivity index (χ3n) is 9.59. The summed E-state index contributed by atoms with van der Waals surface area (Å²) in [5, 5.41) is 17.0. The number of carbonyl (C=O) groups excluding carboxylic acids is 1. The van der Waals surface area contributed by atoms with Crippen LogP contribution in [0.1, 0.15) is 66.6 Å². The molecule has 0 radical (unpaired) electrons. The van der Waals surface area contributed by atoms with E-state index in [9.17, 15) is 9.90 Å². The number of hydrogen-bond donors (Lipinski definition) is 2. The average Bonchev–Trinajstić information content (AvgIpc) is 3.77. The molecule has 1 spiro atoms. The molecule has 0 aliphatic heterocycles. The number of hydrogen-bond acceptors (Lipinski definition) is 6. The Balaban J connectivity index is 1.41. The number of fused-ring (bicyclic) bond motifs is 1. The van der Waals surface area contributed by atoms with Crippen molar-refractivity contribution in [2.45, 2.75) is 57.5 Å². The molecule has 5 unspecified atom stereocenters. The van der Waals surface area contributed by atoms with Crippen LogP contribution in [0.2, 0.25) is 0 Å². The summed E-state index contributed by atoms with van der Waals surface area (Å²) in [6.45, 7) is 3.83. The number of nitrogens with one attached hydrogen (secondary N) is 1. The largest absolute Gasteiger partial charge is 0.378 e. The Morgan fingerprint density at radius 2 is 2.03 bits per heavy atom. The number of aryl methyl sites for hydroxylation is 2. The van der Waals surface area contributed by atoms with Crippen LogP contribution in [0, 0.1) is 37.0 Å². The number of aliphatic hydroxyl groups is 1. The topological polar surface area (TPSA) is 105 Å². The van der Waals surface area contributed by atoms with Gasteiger partial charge in [0.1, 0.15) is 23.0 Å². The van der Waals surface area contributed by atoms with E-state index in [4.69, 9.17) is 9.51 Å². The van der Waals surface area contributed by atoms with Gasteiger partial charge in [-0.25, -0.2) is 4.98 Å². The van der Waals surface area contributed by atoms with Crippen LogP contribution in [-0.4, -0.2) is 31.0 Å². The van der Waals surface area contributed by atoms with Crippen molar-refractivity contribution >= 4 is 16.8 Å². The number of imidazole rings is 1. The van der Waals surface area contributed by atoms with Gasteiger partial charge in [0.2, 0.25) is 0 Å². The molecule has 7 heteroatoms. The standard InChI is InChI=1S/C29H28N4O3/c1-14-23(15(2)36-33-14)17-11-20(25-21(12-17)31-27(32-25)16-6-7-16)29(35,22-5-3-4-10-30-22)24-19-9-8-18-13-28(18,19)26(24)34/h3-5,10-12,16,18-19,24,35H,6-9,13H2,1-2H3,(H,31,32). The first kappa shape index (κ1) is 20.8. The van der Waals surface area contributed by atoms with Crippen molar-refractivity contribution in [2.75, 3.05) is 0 Å². The number of pyridine rings is 1. The second-order valence-corrected chi connectivity index (χ2v) is 11.5. The third kappa shape index (κ3) is 2.47. The third-order valence-corrected chi connectivity index (χ3v) is 9.59. The smallest absolute Gasteiger partial charge is 0.146 e. The predicted octanol–water partition coefficient (Wildman–Crippen LogP) is 4.96. The van der Waals surface area contributed by atoms with Crippen LogP contribution in [0.3, 0.4) is 0 Å². The monoisotopic (exact) mass is 480 g/mol. The molecule has 5 atom stereocenters. The van der Waals surface area contributed by atoms with Gasteiger partial charge in [-0.1, -0.05) is 11.2 Å². The zero-order valence-electron chi connectivity index (χ0n) is 20.4. The van der Waals surface area contributed by atoms with Gasteiger partial charge in [-0.15, -0.1) is 0 Å². The highest BCUT2D eigenvalue weighted by Gasteiger charge is 2.80. The maximum absolute atomic E-state index is 13.8. The Labute approximate surface area is 208 Å². The first-order chi connectivity index (χ1) is 17.4. The lowest BCUT2D eigenvalue weighted by molar-refractivity contribution is -0.162. The molecule has 8 rings (SSSR count). The van der Waals surface area contributed by atoms with Crippen molar-refractivity contribution in [1.29, 1.82) is 0 Å². The fourth-order valence-electron chi connectivity index (χ4n) is 7.68. The fraction of sp³-hybridized carbons (Fsp3) is 0.448. The minimum absolute atomic E-state index is 0.182. The second kappa shape index (κ2) is 6.71. The number of H-pyrrole nitrogens is 1. The Bertz CT molecular complexity index is 1550. The van der Waals surface area contributed by atoms with Gasteiger partial charge in [-0.3, -0.25) is 9.78 Å². The van der Waals surface area contributed by atoms with Crippen LogP contribution < -0.4 is 0 Å². The van der Waals surface area contributed by atoms with Crippen molar-refractivity contribution in [1.82, 2.24) is 20.1 Å². The molecule has 0 bridgehead atoms. The molecule has 3 heterocycles. The predicted molar refractivity (Wildman–Crippen MR) is 132 cm³/mol. The summed E-state index contributed by atoms with van der Waals surface area (Å²) < 4.78 is 5.49. The first-order valence-corrected chi connectivity index (χ1v) is 13.1. The van der Waals surface area contributed by atoms with Gasteiger partial charge in [0.15, 0.2) is 0 Å². The van der Waals surface area contributed by atoms with E-state index in [2.05, 4.69) is 21.2 Å². The number of ketones is 1. The molecule has 2 N–H and O–H groups in total. The highest BCUT2D eigenvalue weighted by molar-refractivity contribution is 6.00. The summed E-state index contributed by atoms with van der Waals surface area (Å²) in [7, 11) is 0. The number of aromatic nitrogens is 4.